The molecule has 0 radical (unpaired) electrons. The van der Waals surface area contributed by atoms with Crippen molar-refractivity contribution < 1.29 is 48.2 Å². The van der Waals surface area contributed by atoms with Crippen molar-refractivity contribution in [3.05, 3.63) is 352 Å². The highest BCUT2D eigenvalue weighted by molar-refractivity contribution is 9.08. The molecule has 43 heteroatoms. The normalized spacial score (nSPS) is 14.2. The fraction of sp³-hybridized carbons (Fsp3) is 0.284. The third kappa shape index (κ3) is 25.9. The van der Waals surface area contributed by atoms with E-state index in [2.05, 4.69) is 116 Å². The van der Waals surface area contributed by atoms with E-state index < -0.39 is 26.2 Å². The molecular weight excluding hydrogens is 2000 g/mol. The first-order valence-corrected chi connectivity index (χ1v) is 48.9. The van der Waals surface area contributed by atoms with Crippen LogP contribution in [0.25, 0.3) is 0 Å². The first-order chi connectivity index (χ1) is 69.8. The molecule has 1 amide bonds. The third-order valence-electron chi connectivity index (χ3n) is 24.2. The van der Waals surface area contributed by atoms with Gasteiger partial charge in [0.15, 0.2) is 23.2 Å². The number of hydrogen-bond donors (Lipinski definition) is 7. The Labute approximate surface area is 863 Å². The highest BCUT2D eigenvalue weighted by Crippen LogP contribution is 2.40. The van der Waals surface area contributed by atoms with Gasteiger partial charge in [-0.3, -0.25) is 98.8 Å². The number of piperazine rings is 3. The van der Waals surface area contributed by atoms with Crippen LogP contribution >= 0.6 is 62.3 Å². The van der Waals surface area contributed by atoms with Gasteiger partial charge in [-0.15, -0.1) is 15.3 Å². The molecule has 0 saturated carbocycles. The van der Waals surface area contributed by atoms with Gasteiger partial charge in [0.2, 0.25) is 17.5 Å². The second kappa shape index (κ2) is 47.7. The number of ketones is 3. The second-order valence-corrected chi connectivity index (χ2v) is 37.6. The lowest BCUT2D eigenvalue weighted by Gasteiger charge is -2.35. The summed E-state index contributed by atoms with van der Waals surface area (Å²) in [7, 11) is 3.16. The van der Waals surface area contributed by atoms with Gasteiger partial charge in [0.25, 0.3) is 0 Å². The molecule has 3 fully saturated rings. The number of amidine groups is 1. The number of aliphatic imine (C=N–C) groups is 2. The Morgan fingerprint density at radius 2 is 0.869 bits per heavy atom. The molecule has 5 aliphatic heterocycles. The maximum Gasteiger partial charge on any atom is 0.410 e. The number of halogens is 5. The number of nitrogens with zero attached hydrogens (tertiary/aromatic N) is 18. The van der Waals surface area contributed by atoms with E-state index >= 15 is 0 Å². The number of aryl methyl sites for hydroxylation is 1. The fourth-order valence-electron chi connectivity index (χ4n) is 16.6. The Bertz CT molecular complexity index is 7110. The number of methoxy groups -OCH3 is 2. The molecule has 3 saturated heterocycles. The molecule has 750 valence electrons. The number of H-pyrrole nitrogens is 1. The molecule has 7 N–H and O–H groups in total. The number of hydrogen-bond acceptors (Lipinski definition) is 31. The molecule has 145 heavy (non-hydrogen) atoms. The van der Waals surface area contributed by atoms with Gasteiger partial charge in [0, 0.05) is 161 Å². The standard InChI is InChI=1S/C34H38ClN7O6.C25H21BrClN5O4.C22H23ClN6.C21H22ClN7O3/c1-22-30(42(45)46)32(38-41(22)20-23-10-12-25(47-5)13-11-23)37-29-18-24(36-19-27(29)31(43)26-8-6-7-9-28(26)35)21-39-14-16-40(17-15-39)33(44)48-34(2,3)4;1-15-23(32(34)35)25(30-31(15)14-16-7-9-18(36-2)10-8-16)29-22-11-17(12-26)28-13-20(22)24(33)19-5-3-4-6-21(19)27;1-14-11-26-22-20(14)28-21(16-4-2-3-5-18(16)23)17-12-25-15(10-19(17)27-22)13-29-8-6-24-7-9-29;1-13-19(29(31)32)21(27-26-13)25-18-10-14(12-28-8-6-23-7-9-28)24-11-16(18)20(30)15-4-2-3-5-17(15)22/h6-13,18-19H,14-17,20-21H2,1-5H3,(H,36,37,38);3-11,13H,12,14H2,1-2H3,(H,28,29,30);2-5,10,12,24H,6-9,11,13H2,1H3,(H,26,27);2-5,10-11,23H,6-9,12H2,1H3,(H2,24,25,26,27). The zero-order valence-corrected chi connectivity index (χ0v) is 85.3. The number of benzene rings is 6. The smallest absolute Gasteiger partial charge is 0.410 e. The molecule has 0 unspecified atom stereocenters. The summed E-state index contributed by atoms with van der Waals surface area (Å²) in [5, 5.41) is 72.7. The number of fused-ring (bicyclic) bond motifs is 2. The minimum absolute atomic E-state index is 0.0117. The van der Waals surface area contributed by atoms with Gasteiger partial charge in [0.05, 0.1) is 132 Å². The van der Waals surface area contributed by atoms with Crippen molar-refractivity contribution in [2.45, 2.75) is 92.1 Å². The van der Waals surface area contributed by atoms with Crippen LogP contribution in [0.4, 0.5) is 62.1 Å². The number of pyridine rings is 4. The van der Waals surface area contributed by atoms with Crippen molar-refractivity contribution >= 4 is 155 Å². The minimum Gasteiger partial charge on any atom is -0.497 e. The summed E-state index contributed by atoms with van der Waals surface area (Å²) in [6, 6.07) is 49.8. The van der Waals surface area contributed by atoms with Crippen LogP contribution in [0.2, 0.25) is 20.1 Å². The van der Waals surface area contributed by atoms with E-state index in [0.717, 1.165) is 121 Å². The molecule has 0 spiro atoms. The van der Waals surface area contributed by atoms with Gasteiger partial charge in [0.1, 0.15) is 39.9 Å². The number of aromatic nitrogens is 10. The predicted molar refractivity (Wildman–Crippen MR) is 561 cm³/mol. The maximum atomic E-state index is 13.8. The van der Waals surface area contributed by atoms with Crippen LogP contribution in [0, 0.1) is 51.1 Å². The lowest BCUT2D eigenvalue weighted by atomic mass is 10.0. The summed E-state index contributed by atoms with van der Waals surface area (Å²) in [6.07, 6.45) is 5.93. The summed E-state index contributed by atoms with van der Waals surface area (Å²) in [5.41, 5.74) is 12.9. The predicted octanol–water partition coefficient (Wildman–Crippen LogP) is 18.5. The molecular formula is C102H104BrCl4N25O13. The number of carbonyl (C=O) groups excluding carboxylic acids is 4. The van der Waals surface area contributed by atoms with Gasteiger partial charge in [-0.05, 0) is 156 Å². The number of anilines is 7. The van der Waals surface area contributed by atoms with Gasteiger partial charge in [-0.25, -0.2) is 9.79 Å². The Kier molecular flexibility index (Phi) is 34.4. The minimum atomic E-state index is -0.580. The topological polar surface area (TPSA) is 451 Å². The maximum absolute atomic E-state index is 13.8. The van der Waals surface area contributed by atoms with Crippen LogP contribution in [-0.4, -0.2) is 224 Å². The summed E-state index contributed by atoms with van der Waals surface area (Å²) in [5.74, 6) is 1.16. The van der Waals surface area contributed by atoms with Gasteiger partial charge in [-0.2, -0.15) is 0 Å². The Balaban J connectivity index is 0.000000148. The van der Waals surface area contributed by atoms with Gasteiger partial charge >= 0.3 is 23.2 Å². The van der Waals surface area contributed by atoms with Crippen molar-refractivity contribution in [1.29, 1.82) is 0 Å². The van der Waals surface area contributed by atoms with Crippen LogP contribution in [0.15, 0.2) is 216 Å². The number of alkyl halides is 1. The second-order valence-electron chi connectivity index (χ2n) is 35.4. The first kappa shape index (κ1) is 105. The van der Waals surface area contributed by atoms with E-state index in [1.807, 2.05) is 99.8 Å². The average molecular weight is 2110 g/mol. The molecule has 5 aliphatic rings. The van der Waals surface area contributed by atoms with Crippen LogP contribution in [-0.2, 0) is 42.8 Å². The molecule has 13 aromatic rings. The third-order valence-corrected chi connectivity index (χ3v) is 26.1. The number of aromatic amines is 1. The van der Waals surface area contributed by atoms with E-state index in [9.17, 15) is 49.5 Å². The molecule has 0 atom stereocenters. The molecule has 18 rings (SSSR count). The summed E-state index contributed by atoms with van der Waals surface area (Å²) < 4.78 is 19.0. The van der Waals surface area contributed by atoms with Crippen molar-refractivity contribution in [3.63, 3.8) is 0 Å². The lowest BCUT2D eigenvalue weighted by molar-refractivity contribution is -0.384. The van der Waals surface area contributed by atoms with Crippen molar-refractivity contribution in [3.8, 4) is 11.5 Å². The monoisotopic (exact) mass is 2110 g/mol. The molecule has 7 aromatic heterocycles. The number of rotatable bonds is 29. The summed E-state index contributed by atoms with van der Waals surface area (Å²) >= 11 is 28.8. The van der Waals surface area contributed by atoms with Crippen molar-refractivity contribution in [1.82, 2.24) is 79.9 Å². The number of carbonyl (C=O) groups is 4. The quantitative estimate of drug-likeness (QED) is 0.00990. The molecule has 0 bridgehead atoms. The number of nitro groups is 3. The average Bonchev–Trinajstić information content (AvgIpc) is 1.60. The molecule has 0 aliphatic carbocycles. The molecule has 38 nitrogen and oxygen atoms in total. The number of amides is 1. The Hall–Kier alpha value is -14.7. The first-order valence-electron chi connectivity index (χ1n) is 46.3. The van der Waals surface area contributed by atoms with E-state index in [0.29, 0.717) is 141 Å². The SMILES string of the molecule is CC1=C2N=C(c3ccccc3Cl)c3cnc(CN4CCNCC4)cc3NC2=NC1.COc1ccc(Cn2nc(Nc3cc(CBr)ncc3C(=O)c3ccccc3Cl)c([N+](=O)[O-])c2C)cc1.COc1ccc(Cn2nc(Nc3cc(CN4CCN(C(=O)OC(C)(C)C)CC4)ncc3C(=O)c3ccccc3Cl)c([N+](=O)[O-])c2C)cc1.Cc1[nH]nc(Nc2cc(CN3CCNCC3)ncc2C(=O)c2ccccc2Cl)c1[N+](=O)[O-]. The summed E-state index contributed by atoms with van der Waals surface area (Å²) in [4.78, 5) is 123. The zero-order chi connectivity index (χ0) is 103. The fourth-order valence-corrected chi connectivity index (χ4v) is 17.7. The summed E-state index contributed by atoms with van der Waals surface area (Å²) in [6.45, 7) is 25.3. The highest BCUT2D eigenvalue weighted by atomic mass is 79.9. The van der Waals surface area contributed by atoms with Crippen molar-refractivity contribution in [2.24, 2.45) is 9.98 Å². The number of ether oxygens (including phenoxy) is 3. The zero-order valence-electron chi connectivity index (χ0n) is 80.7. The molecule has 12 heterocycles. The largest absolute Gasteiger partial charge is 0.497 e. The van der Waals surface area contributed by atoms with Crippen LogP contribution < -0.4 is 41.4 Å². The van der Waals surface area contributed by atoms with Crippen LogP contribution in [0.3, 0.4) is 0 Å². The number of nitrogens with one attached hydrogen (secondary N) is 7. The van der Waals surface area contributed by atoms with Crippen LogP contribution in [0.1, 0.15) is 138 Å². The van der Waals surface area contributed by atoms with Crippen LogP contribution in [0.5, 0.6) is 11.5 Å². The molecule has 6 aromatic carbocycles. The Morgan fingerprint density at radius 3 is 1.29 bits per heavy atom. The lowest BCUT2D eigenvalue weighted by Crippen LogP contribution is -2.49. The Morgan fingerprint density at radius 1 is 0.469 bits per heavy atom. The van der Waals surface area contributed by atoms with E-state index in [4.69, 9.17) is 70.6 Å². The van der Waals surface area contributed by atoms with Gasteiger partial charge < -0.3 is 51.0 Å². The van der Waals surface area contributed by atoms with E-state index in [1.54, 1.807) is 140 Å². The van der Waals surface area contributed by atoms with E-state index in [-0.39, 0.29) is 86.0 Å². The van der Waals surface area contributed by atoms with Gasteiger partial charge in [-0.1, -0.05) is 141 Å². The highest BCUT2D eigenvalue weighted by Gasteiger charge is 2.35. The van der Waals surface area contributed by atoms with Crippen molar-refractivity contribution in [2.75, 3.05) is 121 Å². The van der Waals surface area contributed by atoms with E-state index in [1.165, 1.54) is 18.6 Å².